The van der Waals surface area contributed by atoms with Crippen LogP contribution in [0.5, 0.6) is 11.5 Å². The maximum atomic E-state index is 11.8. The zero-order valence-corrected chi connectivity index (χ0v) is 18.9. The van der Waals surface area contributed by atoms with Gasteiger partial charge in [0.05, 0.1) is 19.1 Å². The molecule has 5 nitrogen and oxygen atoms in total. The molecule has 0 aliphatic carbocycles. The number of methoxy groups -OCH3 is 2. The first-order valence-electron chi connectivity index (χ1n) is 10.2. The van der Waals surface area contributed by atoms with Gasteiger partial charge in [0.25, 0.3) is 10.1 Å². The Labute approximate surface area is 184 Å². The molecule has 1 N–H and O–H groups in total. The Kier molecular flexibility index (Phi) is 7.36. The van der Waals surface area contributed by atoms with E-state index in [1.807, 2.05) is 37.3 Å². The van der Waals surface area contributed by atoms with Gasteiger partial charge in [0, 0.05) is 5.92 Å². The molecule has 0 saturated carbocycles. The summed E-state index contributed by atoms with van der Waals surface area (Å²) in [5.41, 5.74) is 3.92. The molecule has 0 radical (unpaired) electrons. The summed E-state index contributed by atoms with van der Waals surface area (Å²) in [7, 11) is -0.961. The lowest BCUT2D eigenvalue weighted by molar-refractivity contribution is 0.414. The van der Waals surface area contributed by atoms with Gasteiger partial charge in [-0.1, -0.05) is 42.0 Å². The van der Waals surface area contributed by atoms with E-state index in [1.54, 1.807) is 20.3 Å². The highest BCUT2D eigenvalue weighted by molar-refractivity contribution is 7.85. The zero-order chi connectivity index (χ0) is 22.4. The summed E-state index contributed by atoms with van der Waals surface area (Å²) < 4.78 is 43.7. The molecule has 0 amide bonds. The van der Waals surface area contributed by atoms with Crippen molar-refractivity contribution in [2.75, 3.05) is 14.2 Å². The van der Waals surface area contributed by atoms with Crippen LogP contribution in [0.2, 0.25) is 0 Å². The summed E-state index contributed by atoms with van der Waals surface area (Å²) in [4.78, 5) is -0.0106. The first-order chi connectivity index (χ1) is 14.8. The van der Waals surface area contributed by atoms with Gasteiger partial charge in [-0.05, 0) is 73.2 Å². The van der Waals surface area contributed by atoms with Crippen molar-refractivity contribution in [2.45, 2.75) is 37.0 Å². The van der Waals surface area contributed by atoms with Crippen molar-refractivity contribution in [1.82, 2.24) is 0 Å². The Balaban J connectivity index is 1.84. The summed E-state index contributed by atoms with van der Waals surface area (Å²) in [6.07, 6.45) is 2.13. The molecule has 0 spiro atoms. The molecular formula is C25H28O5S. The second-order valence-electron chi connectivity index (χ2n) is 7.58. The van der Waals surface area contributed by atoms with Crippen molar-refractivity contribution in [3.05, 3.63) is 89.0 Å². The number of hydrogen-bond acceptors (Lipinski definition) is 4. The van der Waals surface area contributed by atoms with Crippen molar-refractivity contribution in [2.24, 2.45) is 0 Å². The third kappa shape index (κ3) is 5.87. The Bertz CT molecular complexity index is 1060. The van der Waals surface area contributed by atoms with Crippen molar-refractivity contribution < 1.29 is 22.4 Å². The Morgan fingerprint density at radius 3 is 1.81 bits per heavy atom. The lowest BCUT2D eigenvalue weighted by atomic mass is 9.86. The topological polar surface area (TPSA) is 72.8 Å². The zero-order valence-electron chi connectivity index (χ0n) is 18.0. The highest BCUT2D eigenvalue weighted by atomic mass is 32.2. The van der Waals surface area contributed by atoms with E-state index in [2.05, 4.69) is 24.3 Å². The van der Waals surface area contributed by atoms with Gasteiger partial charge < -0.3 is 9.47 Å². The molecule has 0 unspecified atom stereocenters. The van der Waals surface area contributed by atoms with E-state index in [4.69, 9.17) is 9.47 Å². The van der Waals surface area contributed by atoms with E-state index >= 15 is 0 Å². The lowest BCUT2D eigenvalue weighted by Crippen LogP contribution is -2.06. The van der Waals surface area contributed by atoms with Crippen LogP contribution in [-0.4, -0.2) is 27.2 Å². The molecule has 0 heterocycles. The Hall–Kier alpha value is -2.83. The van der Waals surface area contributed by atoms with Crippen LogP contribution < -0.4 is 9.47 Å². The van der Waals surface area contributed by atoms with E-state index in [0.717, 1.165) is 41.0 Å². The first kappa shape index (κ1) is 22.8. The van der Waals surface area contributed by atoms with Gasteiger partial charge in [0.15, 0.2) is 0 Å². The lowest BCUT2D eigenvalue weighted by Gasteiger charge is -2.19. The molecule has 6 heteroatoms. The maximum Gasteiger partial charge on any atom is 0.294 e. The van der Waals surface area contributed by atoms with Crippen LogP contribution in [0.15, 0.2) is 71.6 Å². The fraction of sp³-hybridized carbons (Fsp3) is 0.280. The van der Waals surface area contributed by atoms with Crippen molar-refractivity contribution in [3.63, 3.8) is 0 Å². The number of rotatable bonds is 9. The van der Waals surface area contributed by atoms with Crippen LogP contribution in [0.1, 0.15) is 41.0 Å². The minimum absolute atomic E-state index is 0.0106. The normalized spacial score (nSPS) is 11.5. The summed E-state index contributed by atoms with van der Waals surface area (Å²) >= 11 is 0. The molecule has 0 atom stereocenters. The number of benzene rings is 3. The average Bonchev–Trinajstić information content (AvgIpc) is 2.76. The van der Waals surface area contributed by atoms with Gasteiger partial charge in [-0.3, -0.25) is 4.55 Å². The predicted molar refractivity (Wildman–Crippen MR) is 122 cm³/mol. The molecular weight excluding hydrogens is 412 g/mol. The van der Waals surface area contributed by atoms with Crippen LogP contribution in [0, 0.1) is 6.92 Å². The van der Waals surface area contributed by atoms with Gasteiger partial charge in [-0.2, -0.15) is 8.42 Å². The largest absolute Gasteiger partial charge is 0.497 e. The third-order valence-electron chi connectivity index (χ3n) is 5.47. The Morgan fingerprint density at radius 1 is 0.839 bits per heavy atom. The maximum absolute atomic E-state index is 11.8. The summed E-state index contributed by atoms with van der Waals surface area (Å²) in [6.45, 7) is 1.91. The van der Waals surface area contributed by atoms with Crippen LogP contribution in [0.3, 0.4) is 0 Å². The van der Waals surface area contributed by atoms with Gasteiger partial charge in [-0.15, -0.1) is 0 Å². The second kappa shape index (κ2) is 9.98. The summed E-state index contributed by atoms with van der Waals surface area (Å²) in [6, 6.07) is 21.0. The minimum Gasteiger partial charge on any atom is -0.497 e. The fourth-order valence-corrected chi connectivity index (χ4v) is 4.58. The monoisotopic (exact) mass is 440 g/mol. The van der Waals surface area contributed by atoms with Crippen molar-refractivity contribution in [1.29, 1.82) is 0 Å². The Morgan fingerprint density at radius 2 is 1.35 bits per heavy atom. The minimum atomic E-state index is -4.25. The third-order valence-corrected chi connectivity index (χ3v) is 6.42. The molecule has 3 aromatic rings. The molecule has 0 saturated heterocycles. The summed E-state index contributed by atoms with van der Waals surface area (Å²) in [5, 5.41) is 0. The van der Waals surface area contributed by atoms with Crippen LogP contribution in [-0.2, 0) is 16.5 Å². The molecule has 164 valence electrons. The quantitative estimate of drug-likeness (QED) is 0.450. The number of hydrogen-bond donors (Lipinski definition) is 1. The van der Waals surface area contributed by atoms with Gasteiger partial charge >= 0.3 is 0 Å². The van der Waals surface area contributed by atoms with Gasteiger partial charge in [0.2, 0.25) is 0 Å². The van der Waals surface area contributed by atoms with E-state index in [9.17, 15) is 13.0 Å². The highest BCUT2D eigenvalue weighted by Crippen LogP contribution is 2.32. The molecule has 0 aromatic heterocycles. The number of aryl methyl sites for hydroxylation is 2. The standard InChI is InChI=1S/C25H28O5S/c1-18-7-16-25(31(26,27)28)21(17-18)5-4-6-24(19-8-12-22(29-2)13-9-19)20-10-14-23(30-3)15-11-20/h7-17,24H,4-6H2,1-3H3,(H,26,27,28). The average molecular weight is 441 g/mol. The van der Waals surface area contributed by atoms with E-state index in [1.165, 1.54) is 6.07 Å². The molecule has 0 aliphatic rings. The molecule has 0 fully saturated rings. The van der Waals surface area contributed by atoms with Crippen LogP contribution >= 0.6 is 0 Å². The van der Waals surface area contributed by atoms with Crippen LogP contribution in [0.25, 0.3) is 0 Å². The first-order valence-corrected chi connectivity index (χ1v) is 11.6. The number of ether oxygens (including phenoxy) is 2. The summed E-state index contributed by atoms with van der Waals surface area (Å²) in [5.74, 6) is 1.74. The molecule has 0 aliphatic heterocycles. The molecule has 31 heavy (non-hydrogen) atoms. The highest BCUT2D eigenvalue weighted by Gasteiger charge is 2.18. The van der Waals surface area contributed by atoms with Gasteiger partial charge in [-0.25, -0.2) is 0 Å². The molecule has 0 bridgehead atoms. The second-order valence-corrected chi connectivity index (χ2v) is 8.97. The predicted octanol–water partition coefficient (Wildman–Crippen LogP) is 5.41. The fourth-order valence-electron chi connectivity index (χ4n) is 3.85. The van der Waals surface area contributed by atoms with Crippen molar-refractivity contribution in [3.8, 4) is 11.5 Å². The van der Waals surface area contributed by atoms with Crippen molar-refractivity contribution >= 4 is 10.1 Å². The smallest absolute Gasteiger partial charge is 0.294 e. The van der Waals surface area contributed by atoms with Crippen LogP contribution in [0.4, 0.5) is 0 Å². The SMILES string of the molecule is COc1ccc(C(CCCc2cc(C)ccc2S(=O)(=O)O)c2ccc(OC)cc2)cc1. The van der Waals surface area contributed by atoms with Gasteiger partial charge in [0.1, 0.15) is 11.5 Å². The van der Waals surface area contributed by atoms with E-state index in [-0.39, 0.29) is 10.8 Å². The molecule has 3 aromatic carbocycles. The van der Waals surface area contributed by atoms with E-state index in [0.29, 0.717) is 12.0 Å². The molecule has 3 rings (SSSR count). The van der Waals surface area contributed by atoms with E-state index < -0.39 is 10.1 Å².